The first-order valence-electron chi connectivity index (χ1n) is 5.77. The number of nitrogens with one attached hydrogen (secondary N) is 1. The largest absolute Gasteiger partial charge is 0.468 e. The van der Waals surface area contributed by atoms with Gasteiger partial charge in [0, 0.05) is 12.6 Å². The SMILES string of the molecule is COC(=O)C(Br)CNC(CO)Cc1ccccc1. The number of hydrogen-bond donors (Lipinski definition) is 2. The summed E-state index contributed by atoms with van der Waals surface area (Å²) < 4.78 is 4.61. The maximum Gasteiger partial charge on any atom is 0.320 e. The molecule has 18 heavy (non-hydrogen) atoms. The predicted molar refractivity (Wildman–Crippen MR) is 73.8 cm³/mol. The number of esters is 1. The number of methoxy groups -OCH3 is 1. The van der Waals surface area contributed by atoms with Gasteiger partial charge in [0.25, 0.3) is 0 Å². The van der Waals surface area contributed by atoms with E-state index in [-0.39, 0.29) is 18.6 Å². The van der Waals surface area contributed by atoms with E-state index in [1.165, 1.54) is 7.11 Å². The summed E-state index contributed by atoms with van der Waals surface area (Å²) in [4.78, 5) is 10.8. The number of carbonyl (C=O) groups excluding carboxylic acids is 1. The number of aliphatic hydroxyl groups is 1. The van der Waals surface area contributed by atoms with E-state index in [4.69, 9.17) is 0 Å². The zero-order valence-corrected chi connectivity index (χ0v) is 11.9. The van der Waals surface area contributed by atoms with E-state index >= 15 is 0 Å². The highest BCUT2D eigenvalue weighted by atomic mass is 79.9. The highest BCUT2D eigenvalue weighted by Gasteiger charge is 2.17. The minimum atomic E-state index is -0.396. The first kappa shape index (κ1) is 15.1. The molecule has 2 unspecified atom stereocenters. The van der Waals surface area contributed by atoms with E-state index < -0.39 is 4.83 Å². The van der Waals surface area contributed by atoms with Gasteiger partial charge < -0.3 is 15.2 Å². The summed E-state index contributed by atoms with van der Waals surface area (Å²) in [5.74, 6) is -0.320. The summed E-state index contributed by atoms with van der Waals surface area (Å²) >= 11 is 3.23. The quantitative estimate of drug-likeness (QED) is 0.585. The molecule has 4 nitrogen and oxygen atoms in total. The zero-order valence-electron chi connectivity index (χ0n) is 10.3. The van der Waals surface area contributed by atoms with Crippen molar-refractivity contribution < 1.29 is 14.6 Å². The molecule has 1 aromatic carbocycles. The first-order valence-corrected chi connectivity index (χ1v) is 6.69. The lowest BCUT2D eigenvalue weighted by Crippen LogP contribution is -2.40. The second-order valence-corrected chi connectivity index (χ2v) is 5.07. The molecule has 0 radical (unpaired) electrons. The smallest absolute Gasteiger partial charge is 0.320 e. The number of rotatable bonds is 7. The molecule has 0 amide bonds. The zero-order chi connectivity index (χ0) is 13.4. The lowest BCUT2D eigenvalue weighted by Gasteiger charge is -2.17. The Hall–Kier alpha value is -0.910. The van der Waals surface area contributed by atoms with Gasteiger partial charge in [-0.15, -0.1) is 0 Å². The van der Waals surface area contributed by atoms with Crippen LogP contribution < -0.4 is 5.32 Å². The molecule has 0 aliphatic heterocycles. The van der Waals surface area contributed by atoms with E-state index in [0.717, 1.165) is 12.0 Å². The van der Waals surface area contributed by atoms with E-state index in [0.29, 0.717) is 6.54 Å². The number of carbonyl (C=O) groups is 1. The molecule has 0 saturated carbocycles. The van der Waals surface area contributed by atoms with Crippen LogP contribution in [0.2, 0.25) is 0 Å². The number of benzene rings is 1. The van der Waals surface area contributed by atoms with E-state index in [2.05, 4.69) is 26.0 Å². The first-order chi connectivity index (χ1) is 8.67. The van der Waals surface area contributed by atoms with Gasteiger partial charge in [-0.05, 0) is 12.0 Å². The Balaban J connectivity index is 2.41. The molecule has 0 aliphatic carbocycles. The number of alkyl halides is 1. The van der Waals surface area contributed by atoms with Crippen LogP contribution in [0.3, 0.4) is 0 Å². The molecule has 0 heterocycles. The Labute approximate surface area is 115 Å². The van der Waals surface area contributed by atoms with Crippen molar-refractivity contribution in [3.63, 3.8) is 0 Å². The Morgan fingerprint density at radius 2 is 2.11 bits per heavy atom. The monoisotopic (exact) mass is 315 g/mol. The van der Waals surface area contributed by atoms with Crippen LogP contribution in [-0.2, 0) is 16.0 Å². The van der Waals surface area contributed by atoms with Crippen molar-refractivity contribution in [2.24, 2.45) is 0 Å². The molecule has 1 aromatic rings. The van der Waals surface area contributed by atoms with Crippen LogP contribution in [0, 0.1) is 0 Å². The molecule has 2 atom stereocenters. The standard InChI is InChI=1S/C13H18BrNO3/c1-18-13(17)12(14)8-15-11(9-16)7-10-5-3-2-4-6-10/h2-6,11-12,15-16H,7-9H2,1H3. The van der Waals surface area contributed by atoms with Gasteiger partial charge in [-0.2, -0.15) is 0 Å². The van der Waals surface area contributed by atoms with Gasteiger partial charge in [-0.25, -0.2) is 0 Å². The average Bonchev–Trinajstić information content (AvgIpc) is 2.43. The molecule has 0 fully saturated rings. The molecule has 0 spiro atoms. The highest BCUT2D eigenvalue weighted by Crippen LogP contribution is 2.05. The Kier molecular flexibility index (Phi) is 6.93. The summed E-state index contributed by atoms with van der Waals surface area (Å²) in [5.41, 5.74) is 1.15. The van der Waals surface area contributed by atoms with Gasteiger partial charge in [0.15, 0.2) is 0 Å². The van der Waals surface area contributed by atoms with Gasteiger partial charge in [0.05, 0.1) is 13.7 Å². The van der Waals surface area contributed by atoms with Crippen LogP contribution in [-0.4, -0.2) is 42.2 Å². The third kappa shape index (κ3) is 5.16. The van der Waals surface area contributed by atoms with E-state index in [1.54, 1.807) is 0 Å². The Morgan fingerprint density at radius 3 is 2.67 bits per heavy atom. The summed E-state index contributed by atoms with van der Waals surface area (Å²) in [7, 11) is 1.35. The fraction of sp³-hybridized carbons (Fsp3) is 0.462. The second-order valence-electron chi connectivity index (χ2n) is 3.97. The Morgan fingerprint density at radius 1 is 1.44 bits per heavy atom. The third-order valence-corrected chi connectivity index (χ3v) is 3.29. The molecular formula is C13H18BrNO3. The van der Waals surface area contributed by atoms with Crippen LogP contribution >= 0.6 is 15.9 Å². The van der Waals surface area contributed by atoms with Crippen molar-refractivity contribution in [1.29, 1.82) is 0 Å². The van der Waals surface area contributed by atoms with Crippen molar-refractivity contribution in [2.75, 3.05) is 20.3 Å². The fourth-order valence-corrected chi connectivity index (χ4v) is 1.96. The fourth-order valence-electron chi connectivity index (χ4n) is 1.58. The number of aliphatic hydroxyl groups excluding tert-OH is 1. The van der Waals surface area contributed by atoms with Gasteiger partial charge in [0.1, 0.15) is 4.83 Å². The van der Waals surface area contributed by atoms with E-state index in [9.17, 15) is 9.90 Å². The van der Waals surface area contributed by atoms with Crippen LogP contribution in [0.4, 0.5) is 0 Å². The molecule has 0 bridgehead atoms. The summed E-state index contributed by atoms with van der Waals surface area (Å²) in [5, 5.41) is 12.4. The number of hydrogen-bond acceptors (Lipinski definition) is 4. The van der Waals surface area contributed by atoms with Gasteiger partial charge >= 0.3 is 5.97 Å². The average molecular weight is 316 g/mol. The minimum Gasteiger partial charge on any atom is -0.468 e. The maximum absolute atomic E-state index is 11.2. The van der Waals surface area contributed by atoms with Crippen LogP contribution in [0.5, 0.6) is 0 Å². The Bertz CT molecular complexity index is 359. The van der Waals surface area contributed by atoms with Crippen molar-refractivity contribution in [3.8, 4) is 0 Å². The molecule has 100 valence electrons. The highest BCUT2D eigenvalue weighted by molar-refractivity contribution is 9.10. The van der Waals surface area contributed by atoms with E-state index in [1.807, 2.05) is 30.3 Å². The van der Waals surface area contributed by atoms with Crippen LogP contribution in [0.15, 0.2) is 30.3 Å². The summed E-state index contributed by atoms with van der Waals surface area (Å²) in [6, 6.07) is 9.83. The molecule has 0 saturated heterocycles. The molecule has 1 rings (SSSR count). The van der Waals surface area contributed by atoms with Crippen molar-refractivity contribution >= 4 is 21.9 Å². The van der Waals surface area contributed by atoms with Crippen molar-refractivity contribution in [1.82, 2.24) is 5.32 Å². The summed E-state index contributed by atoms with van der Waals surface area (Å²) in [6.07, 6.45) is 0.720. The van der Waals surface area contributed by atoms with Crippen LogP contribution in [0.1, 0.15) is 5.56 Å². The molecule has 0 aliphatic rings. The second kappa shape index (κ2) is 8.24. The predicted octanol–water partition coefficient (Wildman–Crippen LogP) is 1.12. The maximum atomic E-state index is 11.2. The van der Waals surface area contributed by atoms with Crippen LogP contribution in [0.25, 0.3) is 0 Å². The normalized spacial score (nSPS) is 13.9. The van der Waals surface area contributed by atoms with Gasteiger partial charge in [-0.3, -0.25) is 4.79 Å². The lowest BCUT2D eigenvalue weighted by atomic mass is 10.1. The molecular weight excluding hydrogens is 298 g/mol. The van der Waals surface area contributed by atoms with Crippen molar-refractivity contribution in [2.45, 2.75) is 17.3 Å². The molecule has 2 N–H and O–H groups in total. The number of ether oxygens (including phenoxy) is 1. The summed E-state index contributed by atoms with van der Waals surface area (Å²) in [6.45, 7) is 0.445. The topological polar surface area (TPSA) is 58.6 Å². The molecule has 5 heteroatoms. The van der Waals surface area contributed by atoms with Gasteiger partial charge in [0.2, 0.25) is 0 Å². The van der Waals surface area contributed by atoms with Gasteiger partial charge in [-0.1, -0.05) is 46.3 Å². The molecule has 0 aromatic heterocycles. The lowest BCUT2D eigenvalue weighted by molar-refractivity contribution is -0.139. The third-order valence-electron chi connectivity index (χ3n) is 2.59. The number of halogens is 1. The minimum absolute atomic E-state index is 0.0236. The van der Waals surface area contributed by atoms with Crippen molar-refractivity contribution in [3.05, 3.63) is 35.9 Å².